The third-order valence-corrected chi connectivity index (χ3v) is 1.39. The molecule has 0 N–H and O–H groups in total. The minimum Gasteiger partial charge on any atom is -0.369 e. The van der Waals surface area contributed by atoms with Crippen molar-refractivity contribution >= 4 is 0 Å². The Morgan fingerprint density at radius 3 is 2.40 bits per heavy atom. The molecule has 0 bridgehead atoms. The predicted octanol–water partition coefficient (Wildman–Crippen LogP) is 1.34. The molecule has 0 aliphatic heterocycles. The van der Waals surface area contributed by atoms with Gasteiger partial charge in [0.2, 0.25) is 0 Å². The number of nitrogens with zero attached hydrogens (tertiary/aromatic N) is 2. The maximum atomic E-state index is 3.93. The van der Waals surface area contributed by atoms with Gasteiger partial charge < -0.3 is 9.78 Å². The molecule has 0 unspecified atom stereocenters. The fraction of sp³-hybridized carbons (Fsp3) is 0.571. The molecule has 1 aromatic heterocycles. The number of hydrogen-bond acceptors (Lipinski definition) is 1. The standard InChI is InChI=1S/C7H11N2.Re/c1-6(2)7-4-5-8-9(7)3;/h4,6H,1-3H3;/q-1;. The Morgan fingerprint density at radius 2 is 2.20 bits per heavy atom. The molecule has 10 heavy (non-hydrogen) atoms. The van der Waals surface area contributed by atoms with Crippen molar-refractivity contribution in [3.8, 4) is 0 Å². The molecule has 1 radical (unpaired) electrons. The van der Waals surface area contributed by atoms with Crippen LogP contribution in [0.15, 0.2) is 6.07 Å². The van der Waals surface area contributed by atoms with Gasteiger partial charge in [-0.05, 0) is 0 Å². The Balaban J connectivity index is 0.000000810. The molecular weight excluding hydrogens is 298 g/mol. The first kappa shape index (κ1) is 9.87. The van der Waals surface area contributed by atoms with Crippen LogP contribution in [0.2, 0.25) is 0 Å². The second kappa shape index (κ2) is 3.90. The van der Waals surface area contributed by atoms with E-state index >= 15 is 0 Å². The molecule has 0 fully saturated rings. The normalized spacial score (nSPS) is 9.60. The van der Waals surface area contributed by atoms with E-state index in [9.17, 15) is 0 Å². The van der Waals surface area contributed by atoms with Crippen molar-refractivity contribution in [1.82, 2.24) is 9.78 Å². The Morgan fingerprint density at radius 1 is 1.60 bits per heavy atom. The van der Waals surface area contributed by atoms with Gasteiger partial charge >= 0.3 is 0 Å². The van der Waals surface area contributed by atoms with E-state index < -0.39 is 0 Å². The van der Waals surface area contributed by atoms with E-state index in [0.717, 1.165) is 0 Å². The number of rotatable bonds is 1. The van der Waals surface area contributed by atoms with Crippen LogP contribution in [-0.2, 0) is 27.5 Å². The van der Waals surface area contributed by atoms with Crippen molar-refractivity contribution < 1.29 is 20.4 Å². The van der Waals surface area contributed by atoms with E-state index in [2.05, 4.69) is 25.1 Å². The molecule has 0 atom stereocenters. The van der Waals surface area contributed by atoms with Crippen molar-refractivity contribution in [1.29, 1.82) is 0 Å². The Kier molecular flexibility index (Phi) is 3.85. The fourth-order valence-electron chi connectivity index (χ4n) is 0.873. The Bertz CT molecular complexity index is 193. The van der Waals surface area contributed by atoms with E-state index in [1.807, 2.05) is 17.8 Å². The van der Waals surface area contributed by atoms with Crippen LogP contribution < -0.4 is 0 Å². The zero-order chi connectivity index (χ0) is 6.85. The minimum absolute atomic E-state index is 0. The van der Waals surface area contributed by atoms with E-state index in [-0.39, 0.29) is 20.4 Å². The van der Waals surface area contributed by atoms with Gasteiger partial charge in [0.15, 0.2) is 0 Å². The van der Waals surface area contributed by atoms with Gasteiger partial charge in [-0.2, -0.15) is 6.07 Å². The van der Waals surface area contributed by atoms with E-state index in [1.165, 1.54) is 5.69 Å². The zero-order valence-electron chi connectivity index (χ0n) is 6.43. The first-order valence-corrected chi connectivity index (χ1v) is 3.12. The van der Waals surface area contributed by atoms with Crippen LogP contribution in [0.25, 0.3) is 0 Å². The molecule has 0 aliphatic carbocycles. The fourth-order valence-corrected chi connectivity index (χ4v) is 0.873. The molecule has 57 valence electrons. The molecule has 0 saturated heterocycles. The number of aromatic nitrogens is 2. The molecule has 1 aromatic rings. The van der Waals surface area contributed by atoms with E-state index in [0.29, 0.717) is 5.92 Å². The first-order valence-electron chi connectivity index (χ1n) is 3.12. The summed E-state index contributed by atoms with van der Waals surface area (Å²) in [6, 6.07) is 1.92. The molecule has 0 saturated carbocycles. The van der Waals surface area contributed by atoms with Gasteiger partial charge in [-0.3, -0.25) is 0 Å². The summed E-state index contributed by atoms with van der Waals surface area (Å²) < 4.78 is 1.85. The maximum Gasteiger partial charge on any atom is 0.00898 e. The average molecular weight is 309 g/mol. The quantitative estimate of drug-likeness (QED) is 0.716. The SMILES string of the molecule is CC(C)c1c[c-]nn1C.[Re]. The van der Waals surface area contributed by atoms with Gasteiger partial charge in [0.05, 0.1) is 0 Å². The summed E-state index contributed by atoms with van der Waals surface area (Å²) in [7, 11) is 1.94. The Hall–Kier alpha value is -0.128. The third-order valence-electron chi connectivity index (χ3n) is 1.39. The molecule has 2 nitrogen and oxygen atoms in total. The van der Waals surface area contributed by atoms with E-state index in [1.54, 1.807) is 0 Å². The van der Waals surface area contributed by atoms with Crippen molar-refractivity contribution in [2.45, 2.75) is 19.8 Å². The molecule has 1 rings (SSSR count). The van der Waals surface area contributed by atoms with Crippen LogP contribution in [0.4, 0.5) is 0 Å². The number of aryl methyl sites for hydroxylation is 1. The molecule has 1 heterocycles. The zero-order valence-corrected chi connectivity index (χ0v) is 9.14. The van der Waals surface area contributed by atoms with Gasteiger partial charge in [0, 0.05) is 27.5 Å². The van der Waals surface area contributed by atoms with Crippen molar-refractivity contribution in [2.75, 3.05) is 0 Å². The van der Waals surface area contributed by atoms with Crippen molar-refractivity contribution in [3.63, 3.8) is 0 Å². The van der Waals surface area contributed by atoms with Gasteiger partial charge in [0.25, 0.3) is 0 Å². The molecule has 0 amide bonds. The molecule has 0 aromatic carbocycles. The maximum absolute atomic E-state index is 3.93. The monoisotopic (exact) mass is 310 g/mol. The smallest absolute Gasteiger partial charge is 0.00898 e. The average Bonchev–Trinajstić information content (AvgIpc) is 2.13. The van der Waals surface area contributed by atoms with Crippen LogP contribution in [-0.4, -0.2) is 9.78 Å². The molecular formula is C7H11N2Re-. The summed E-state index contributed by atoms with van der Waals surface area (Å²) >= 11 is 0. The topological polar surface area (TPSA) is 17.8 Å². The summed E-state index contributed by atoms with van der Waals surface area (Å²) in [5.74, 6) is 0.550. The van der Waals surface area contributed by atoms with Gasteiger partial charge in [-0.25, -0.2) is 0 Å². The summed E-state index contributed by atoms with van der Waals surface area (Å²) in [5.41, 5.74) is 1.23. The molecule has 3 heteroatoms. The van der Waals surface area contributed by atoms with Crippen LogP contribution in [0.5, 0.6) is 0 Å². The summed E-state index contributed by atoms with van der Waals surface area (Å²) in [6.07, 6.45) is 2.79. The first-order chi connectivity index (χ1) is 4.22. The second-order valence-corrected chi connectivity index (χ2v) is 2.48. The second-order valence-electron chi connectivity index (χ2n) is 2.48. The molecule has 0 aliphatic rings. The van der Waals surface area contributed by atoms with Crippen LogP contribution in [0, 0.1) is 6.20 Å². The number of hydrogen-bond donors (Lipinski definition) is 0. The van der Waals surface area contributed by atoms with Gasteiger partial charge in [-0.1, -0.05) is 19.8 Å². The predicted molar refractivity (Wildman–Crippen MR) is 36.1 cm³/mol. The summed E-state index contributed by atoms with van der Waals surface area (Å²) in [6.45, 7) is 4.29. The third kappa shape index (κ3) is 1.93. The Labute approximate surface area is 75.3 Å². The van der Waals surface area contributed by atoms with Gasteiger partial charge in [-0.15, -0.1) is 11.9 Å². The van der Waals surface area contributed by atoms with Crippen molar-refractivity contribution in [2.24, 2.45) is 7.05 Å². The minimum atomic E-state index is 0. The largest absolute Gasteiger partial charge is 0.369 e. The molecule has 0 spiro atoms. The summed E-state index contributed by atoms with van der Waals surface area (Å²) in [5, 5.41) is 3.93. The van der Waals surface area contributed by atoms with Crippen LogP contribution in [0.3, 0.4) is 0 Å². The van der Waals surface area contributed by atoms with Crippen LogP contribution >= 0.6 is 0 Å². The van der Waals surface area contributed by atoms with Gasteiger partial charge in [0.1, 0.15) is 0 Å². The van der Waals surface area contributed by atoms with Crippen molar-refractivity contribution in [3.05, 3.63) is 18.0 Å². The van der Waals surface area contributed by atoms with E-state index in [4.69, 9.17) is 0 Å². The van der Waals surface area contributed by atoms with Crippen LogP contribution in [0.1, 0.15) is 25.5 Å². The summed E-state index contributed by atoms with van der Waals surface area (Å²) in [4.78, 5) is 0.